The summed E-state index contributed by atoms with van der Waals surface area (Å²) in [6.07, 6.45) is 0. The van der Waals surface area contributed by atoms with Crippen LogP contribution in [0.1, 0.15) is 15.9 Å². The van der Waals surface area contributed by atoms with E-state index in [4.69, 9.17) is 0 Å². The molecule has 0 atom stereocenters. The highest BCUT2D eigenvalue weighted by Gasteiger charge is 2.10. The van der Waals surface area contributed by atoms with E-state index >= 15 is 0 Å². The second-order valence-electron chi connectivity index (χ2n) is 3.62. The predicted octanol–water partition coefficient (Wildman–Crippen LogP) is 2.59. The Labute approximate surface area is 107 Å². The molecule has 0 aliphatic heterocycles. The van der Waals surface area contributed by atoms with Gasteiger partial charge in [-0.15, -0.1) is 0 Å². The minimum atomic E-state index is -0.518. The van der Waals surface area contributed by atoms with Crippen molar-refractivity contribution < 1.29 is 9.72 Å². The number of nitro groups is 1. The Balaban J connectivity index is 2.04. The van der Waals surface area contributed by atoms with Gasteiger partial charge in [-0.3, -0.25) is 14.9 Å². The number of carbonyl (C=O) groups excluding carboxylic acids is 1. The highest BCUT2D eigenvalue weighted by Crippen LogP contribution is 2.13. The Morgan fingerprint density at radius 2 is 2.22 bits per heavy atom. The van der Waals surface area contributed by atoms with E-state index in [-0.39, 0.29) is 11.6 Å². The molecule has 1 heterocycles. The molecule has 92 valence electrons. The fraction of sp³-hybridized carbons (Fsp3) is 0.0833. The lowest BCUT2D eigenvalue weighted by atomic mass is 10.2. The summed E-state index contributed by atoms with van der Waals surface area (Å²) in [5.41, 5.74) is 1.22. The molecule has 0 saturated carbocycles. The molecule has 0 saturated heterocycles. The molecule has 2 aromatic rings. The zero-order valence-electron chi connectivity index (χ0n) is 9.33. The molecule has 0 aliphatic rings. The first-order valence-electron chi connectivity index (χ1n) is 5.20. The summed E-state index contributed by atoms with van der Waals surface area (Å²) in [6, 6.07) is 7.59. The Hall–Kier alpha value is -2.21. The maximum absolute atomic E-state index is 11.8. The highest BCUT2D eigenvalue weighted by atomic mass is 32.1. The molecule has 1 aromatic carbocycles. The molecule has 0 fully saturated rings. The maximum atomic E-state index is 11.8. The summed E-state index contributed by atoms with van der Waals surface area (Å²) in [5, 5.41) is 17.2. The van der Waals surface area contributed by atoms with Crippen LogP contribution >= 0.6 is 11.3 Å². The van der Waals surface area contributed by atoms with Crippen molar-refractivity contribution in [1.82, 2.24) is 5.32 Å². The Morgan fingerprint density at radius 3 is 2.89 bits per heavy atom. The first-order chi connectivity index (χ1) is 8.66. The van der Waals surface area contributed by atoms with Crippen LogP contribution in [0.15, 0.2) is 41.1 Å². The number of hydrogen-bond donors (Lipinski definition) is 1. The summed E-state index contributed by atoms with van der Waals surface area (Å²) in [7, 11) is 0. The predicted molar refractivity (Wildman–Crippen MR) is 68.6 cm³/mol. The fourth-order valence-electron chi connectivity index (χ4n) is 1.44. The van der Waals surface area contributed by atoms with Gasteiger partial charge in [-0.25, -0.2) is 0 Å². The largest absolute Gasteiger partial charge is 0.348 e. The van der Waals surface area contributed by atoms with Gasteiger partial charge in [0.05, 0.1) is 4.92 Å². The monoisotopic (exact) mass is 262 g/mol. The molecule has 1 N–H and O–H groups in total. The Morgan fingerprint density at radius 1 is 1.39 bits per heavy atom. The molecule has 1 aromatic heterocycles. The number of nitro benzene ring substituents is 1. The third-order valence-electron chi connectivity index (χ3n) is 2.35. The number of hydrogen-bond acceptors (Lipinski definition) is 4. The van der Waals surface area contributed by atoms with E-state index in [1.165, 1.54) is 18.2 Å². The molecule has 6 heteroatoms. The van der Waals surface area contributed by atoms with Gasteiger partial charge >= 0.3 is 0 Å². The summed E-state index contributed by atoms with van der Waals surface area (Å²) < 4.78 is 0. The van der Waals surface area contributed by atoms with Crippen molar-refractivity contribution in [3.8, 4) is 0 Å². The van der Waals surface area contributed by atoms with Gasteiger partial charge in [-0.2, -0.15) is 11.3 Å². The third-order valence-corrected chi connectivity index (χ3v) is 3.08. The number of non-ortho nitro benzene ring substituents is 1. The van der Waals surface area contributed by atoms with Crippen LogP contribution in [0.4, 0.5) is 5.69 Å². The van der Waals surface area contributed by atoms with Gasteiger partial charge in [-0.05, 0) is 28.5 Å². The van der Waals surface area contributed by atoms with Gasteiger partial charge in [0.15, 0.2) is 0 Å². The molecule has 0 bridgehead atoms. The van der Waals surface area contributed by atoms with Crippen molar-refractivity contribution in [2.75, 3.05) is 0 Å². The van der Waals surface area contributed by atoms with Crippen LogP contribution in [0.5, 0.6) is 0 Å². The molecule has 2 rings (SSSR count). The average Bonchev–Trinajstić information content (AvgIpc) is 2.89. The quantitative estimate of drug-likeness (QED) is 0.680. The minimum Gasteiger partial charge on any atom is -0.348 e. The van der Waals surface area contributed by atoms with Crippen LogP contribution < -0.4 is 5.32 Å². The summed E-state index contributed by atoms with van der Waals surface area (Å²) in [4.78, 5) is 21.9. The average molecular weight is 262 g/mol. The molecule has 0 radical (unpaired) electrons. The number of carbonyl (C=O) groups is 1. The topological polar surface area (TPSA) is 72.2 Å². The number of nitrogens with one attached hydrogen (secondary N) is 1. The molecule has 1 amide bonds. The lowest BCUT2D eigenvalue weighted by Crippen LogP contribution is -2.22. The fourth-order valence-corrected chi connectivity index (χ4v) is 2.11. The van der Waals surface area contributed by atoms with E-state index in [2.05, 4.69) is 5.32 Å². The number of rotatable bonds is 4. The van der Waals surface area contributed by atoms with Crippen molar-refractivity contribution in [2.45, 2.75) is 6.54 Å². The first-order valence-corrected chi connectivity index (χ1v) is 6.15. The Bertz CT molecular complexity index is 566. The van der Waals surface area contributed by atoms with Gasteiger partial charge in [0, 0.05) is 24.2 Å². The molecule has 5 nitrogen and oxygen atoms in total. The minimum absolute atomic E-state index is 0.0850. The number of amides is 1. The van der Waals surface area contributed by atoms with Gasteiger partial charge < -0.3 is 5.32 Å². The van der Waals surface area contributed by atoms with Crippen LogP contribution in [0.3, 0.4) is 0 Å². The van der Waals surface area contributed by atoms with Crippen molar-refractivity contribution in [3.63, 3.8) is 0 Å². The lowest BCUT2D eigenvalue weighted by Gasteiger charge is -2.03. The molecule has 0 unspecified atom stereocenters. The maximum Gasteiger partial charge on any atom is 0.270 e. The van der Waals surface area contributed by atoms with Crippen molar-refractivity contribution in [1.29, 1.82) is 0 Å². The molecule has 0 spiro atoms. The zero-order valence-corrected chi connectivity index (χ0v) is 10.1. The number of nitrogens with zero attached hydrogens (tertiary/aromatic N) is 1. The standard InChI is InChI=1S/C12H10N2O3S/c15-12(13-7-9-4-5-18-8-9)10-2-1-3-11(6-10)14(16)17/h1-6,8H,7H2,(H,13,15). The number of thiophene rings is 1. The Kier molecular flexibility index (Phi) is 3.69. The SMILES string of the molecule is O=C(NCc1ccsc1)c1cccc([N+](=O)[O-])c1. The molecule has 0 aliphatic carbocycles. The van der Waals surface area contributed by atoms with Crippen molar-refractivity contribution in [3.05, 3.63) is 62.3 Å². The van der Waals surface area contributed by atoms with E-state index in [1.807, 2.05) is 16.8 Å². The second-order valence-corrected chi connectivity index (χ2v) is 4.40. The third kappa shape index (κ3) is 2.92. The van der Waals surface area contributed by atoms with E-state index in [0.29, 0.717) is 12.1 Å². The highest BCUT2D eigenvalue weighted by molar-refractivity contribution is 7.07. The van der Waals surface area contributed by atoms with E-state index in [9.17, 15) is 14.9 Å². The zero-order chi connectivity index (χ0) is 13.0. The summed E-state index contributed by atoms with van der Waals surface area (Å²) in [6.45, 7) is 0.422. The smallest absolute Gasteiger partial charge is 0.270 e. The molecular weight excluding hydrogens is 252 g/mol. The van der Waals surface area contributed by atoms with Crippen LogP contribution in [-0.2, 0) is 6.54 Å². The second kappa shape index (κ2) is 5.42. The van der Waals surface area contributed by atoms with Crippen LogP contribution in [-0.4, -0.2) is 10.8 Å². The summed E-state index contributed by atoms with van der Waals surface area (Å²) >= 11 is 1.55. The summed E-state index contributed by atoms with van der Waals surface area (Å²) in [5.74, 6) is -0.315. The molecule has 18 heavy (non-hydrogen) atoms. The number of benzene rings is 1. The van der Waals surface area contributed by atoms with Gasteiger partial charge in [0.2, 0.25) is 0 Å². The van der Waals surface area contributed by atoms with Crippen molar-refractivity contribution in [2.24, 2.45) is 0 Å². The van der Waals surface area contributed by atoms with Gasteiger partial charge in [0.1, 0.15) is 0 Å². The molecular formula is C12H10N2O3S. The van der Waals surface area contributed by atoms with Crippen molar-refractivity contribution >= 4 is 22.9 Å². The first kappa shape index (κ1) is 12.3. The van der Waals surface area contributed by atoms with Gasteiger partial charge in [0.25, 0.3) is 11.6 Å². The van der Waals surface area contributed by atoms with Crippen LogP contribution in [0.2, 0.25) is 0 Å². The van der Waals surface area contributed by atoms with Crippen LogP contribution in [0.25, 0.3) is 0 Å². The van der Waals surface area contributed by atoms with E-state index in [1.54, 1.807) is 17.4 Å². The van der Waals surface area contributed by atoms with Crippen LogP contribution in [0, 0.1) is 10.1 Å². The van der Waals surface area contributed by atoms with E-state index in [0.717, 1.165) is 5.56 Å². The van der Waals surface area contributed by atoms with E-state index < -0.39 is 4.92 Å². The normalized spacial score (nSPS) is 10.0. The lowest BCUT2D eigenvalue weighted by molar-refractivity contribution is -0.384. The van der Waals surface area contributed by atoms with Gasteiger partial charge in [-0.1, -0.05) is 6.07 Å².